The summed E-state index contributed by atoms with van der Waals surface area (Å²) in [4.78, 5) is 32.1. The molecule has 6 nitrogen and oxygen atoms in total. The van der Waals surface area contributed by atoms with Gasteiger partial charge in [0.15, 0.2) is 0 Å². The molecule has 2 unspecified atom stereocenters. The number of nitrogens with zero attached hydrogens (tertiary/aromatic N) is 3. The molecule has 3 fully saturated rings. The van der Waals surface area contributed by atoms with E-state index in [-0.39, 0.29) is 11.8 Å². The van der Waals surface area contributed by atoms with Gasteiger partial charge in [-0.2, -0.15) is 0 Å². The third-order valence-corrected chi connectivity index (χ3v) is 7.02. The molecule has 2 atom stereocenters. The van der Waals surface area contributed by atoms with Crippen LogP contribution in [0.2, 0.25) is 0 Å². The number of amides is 2. The van der Waals surface area contributed by atoms with E-state index in [1.54, 1.807) is 0 Å². The first-order chi connectivity index (χ1) is 13.7. The molecule has 0 aliphatic carbocycles. The number of nitrogens with one attached hydrogen (secondary N) is 1. The van der Waals surface area contributed by atoms with E-state index in [0.29, 0.717) is 18.5 Å². The minimum absolute atomic E-state index is 0.109. The molecule has 1 N–H and O–H groups in total. The van der Waals surface area contributed by atoms with Gasteiger partial charge in [0.25, 0.3) is 11.8 Å². The highest BCUT2D eigenvalue weighted by molar-refractivity contribution is 6.01. The third-order valence-electron chi connectivity index (χ3n) is 7.02. The van der Waals surface area contributed by atoms with E-state index in [9.17, 15) is 9.59 Å². The van der Waals surface area contributed by atoms with Gasteiger partial charge < -0.3 is 20.0 Å². The van der Waals surface area contributed by atoms with Crippen LogP contribution in [0.25, 0.3) is 0 Å². The Morgan fingerprint density at radius 2 is 1.96 bits per heavy atom. The third kappa shape index (κ3) is 3.33. The van der Waals surface area contributed by atoms with Crippen molar-refractivity contribution in [3.63, 3.8) is 0 Å². The van der Waals surface area contributed by atoms with Crippen molar-refractivity contribution in [3.8, 4) is 0 Å². The van der Waals surface area contributed by atoms with E-state index in [1.807, 2.05) is 28.0 Å². The highest BCUT2D eigenvalue weighted by atomic mass is 16.2. The molecule has 1 aromatic rings. The van der Waals surface area contributed by atoms with Crippen molar-refractivity contribution in [1.82, 2.24) is 20.0 Å². The maximum Gasteiger partial charge on any atom is 0.254 e. The van der Waals surface area contributed by atoms with Crippen molar-refractivity contribution in [2.45, 2.75) is 38.3 Å². The lowest BCUT2D eigenvalue weighted by atomic mass is 10.0. The zero-order valence-corrected chi connectivity index (χ0v) is 16.5. The molecule has 0 spiro atoms. The minimum atomic E-state index is 0.109. The van der Waals surface area contributed by atoms with Gasteiger partial charge in [-0.1, -0.05) is 6.42 Å². The second-order valence-electron chi connectivity index (χ2n) is 8.82. The van der Waals surface area contributed by atoms with Crippen LogP contribution in [-0.4, -0.2) is 78.4 Å². The lowest BCUT2D eigenvalue weighted by Gasteiger charge is -2.28. The predicted molar refractivity (Wildman–Crippen MR) is 107 cm³/mol. The number of hydrogen-bond donors (Lipinski definition) is 1. The van der Waals surface area contributed by atoms with Crippen molar-refractivity contribution >= 4 is 11.8 Å². The second-order valence-corrected chi connectivity index (χ2v) is 8.82. The molecule has 4 aliphatic rings. The summed E-state index contributed by atoms with van der Waals surface area (Å²) in [6.07, 6.45) is 5.04. The fourth-order valence-corrected chi connectivity index (χ4v) is 5.34. The molecule has 0 radical (unpaired) electrons. The molecule has 4 aliphatic heterocycles. The van der Waals surface area contributed by atoms with Crippen molar-refractivity contribution in [2.75, 3.05) is 45.8 Å². The minimum Gasteiger partial charge on any atom is -0.337 e. The molecule has 3 saturated heterocycles. The van der Waals surface area contributed by atoms with E-state index in [0.717, 1.165) is 62.5 Å². The number of fused-ring (bicyclic) bond motifs is 2. The first-order valence-corrected chi connectivity index (χ1v) is 10.9. The summed E-state index contributed by atoms with van der Waals surface area (Å²) < 4.78 is 0. The largest absolute Gasteiger partial charge is 0.337 e. The van der Waals surface area contributed by atoms with Crippen LogP contribution in [0.5, 0.6) is 0 Å². The van der Waals surface area contributed by atoms with Crippen LogP contribution in [0.4, 0.5) is 0 Å². The Balaban J connectivity index is 1.23. The Hall–Kier alpha value is -1.92. The predicted octanol–water partition coefficient (Wildman–Crippen LogP) is 1.56. The molecule has 1 aromatic carbocycles. The van der Waals surface area contributed by atoms with Crippen molar-refractivity contribution in [1.29, 1.82) is 0 Å². The van der Waals surface area contributed by atoms with Crippen LogP contribution in [0.15, 0.2) is 18.2 Å². The standard InChI is InChI=1S/C22H30N4O2/c27-21(26-13-17-6-7-23-20(17)15-26)16-4-5-19-18(12-16)14-25(22(19)28)11-10-24-8-2-1-3-9-24/h4-5,12,17,20,23H,1-3,6-11,13-15H2. The van der Waals surface area contributed by atoms with Crippen LogP contribution in [0, 0.1) is 5.92 Å². The van der Waals surface area contributed by atoms with Gasteiger partial charge in [-0.05, 0) is 68.6 Å². The SMILES string of the molecule is O=C(c1ccc2c(c1)CN(CCN1CCCCC1)C2=O)N1CC2CCNC2C1. The molecule has 2 amide bonds. The molecular weight excluding hydrogens is 352 g/mol. The van der Waals surface area contributed by atoms with E-state index in [1.165, 1.54) is 25.7 Å². The first-order valence-electron chi connectivity index (χ1n) is 10.9. The summed E-state index contributed by atoms with van der Waals surface area (Å²) in [6, 6.07) is 6.12. The zero-order chi connectivity index (χ0) is 19.1. The summed E-state index contributed by atoms with van der Waals surface area (Å²) in [7, 11) is 0. The van der Waals surface area contributed by atoms with Crippen LogP contribution >= 0.6 is 0 Å². The van der Waals surface area contributed by atoms with E-state index < -0.39 is 0 Å². The average Bonchev–Trinajstić information content (AvgIpc) is 3.40. The van der Waals surface area contributed by atoms with E-state index in [2.05, 4.69) is 10.2 Å². The zero-order valence-electron chi connectivity index (χ0n) is 16.5. The number of carbonyl (C=O) groups excluding carboxylic acids is 2. The maximum atomic E-state index is 13.0. The Morgan fingerprint density at radius 3 is 2.79 bits per heavy atom. The van der Waals surface area contributed by atoms with Gasteiger partial charge >= 0.3 is 0 Å². The fraction of sp³-hybridized carbons (Fsp3) is 0.636. The van der Waals surface area contributed by atoms with Crippen molar-refractivity contribution in [3.05, 3.63) is 34.9 Å². The molecule has 28 heavy (non-hydrogen) atoms. The molecule has 5 rings (SSSR count). The maximum absolute atomic E-state index is 13.0. The van der Waals surface area contributed by atoms with Crippen molar-refractivity contribution < 1.29 is 9.59 Å². The highest BCUT2D eigenvalue weighted by Crippen LogP contribution is 2.28. The summed E-state index contributed by atoms with van der Waals surface area (Å²) in [5.41, 5.74) is 2.51. The lowest BCUT2D eigenvalue weighted by molar-refractivity contribution is 0.0751. The quantitative estimate of drug-likeness (QED) is 0.859. The molecule has 0 saturated carbocycles. The fourth-order valence-electron chi connectivity index (χ4n) is 5.34. The van der Waals surface area contributed by atoms with Crippen LogP contribution in [0.1, 0.15) is 52.0 Å². The van der Waals surface area contributed by atoms with Gasteiger partial charge in [-0.25, -0.2) is 0 Å². The highest BCUT2D eigenvalue weighted by Gasteiger charge is 2.38. The number of benzene rings is 1. The Kier molecular flexibility index (Phi) is 4.85. The molecule has 0 aromatic heterocycles. The number of hydrogen-bond acceptors (Lipinski definition) is 4. The number of likely N-dealkylation sites (tertiary alicyclic amines) is 2. The van der Waals surface area contributed by atoms with Crippen LogP contribution in [-0.2, 0) is 6.54 Å². The Labute approximate surface area is 166 Å². The number of rotatable bonds is 4. The van der Waals surface area contributed by atoms with Crippen LogP contribution in [0.3, 0.4) is 0 Å². The van der Waals surface area contributed by atoms with Crippen molar-refractivity contribution in [2.24, 2.45) is 5.92 Å². The summed E-state index contributed by atoms with van der Waals surface area (Å²) in [6.45, 7) is 7.41. The summed E-state index contributed by atoms with van der Waals surface area (Å²) in [5.74, 6) is 0.828. The number of carbonyl (C=O) groups is 2. The van der Waals surface area contributed by atoms with Gasteiger partial charge in [0.2, 0.25) is 0 Å². The van der Waals surface area contributed by atoms with Gasteiger partial charge in [0.05, 0.1) is 0 Å². The number of piperidine rings is 1. The van der Waals surface area contributed by atoms with Gasteiger partial charge in [-0.3, -0.25) is 9.59 Å². The summed E-state index contributed by atoms with van der Waals surface area (Å²) in [5, 5.41) is 3.50. The Bertz CT molecular complexity index is 762. The topological polar surface area (TPSA) is 55.9 Å². The van der Waals surface area contributed by atoms with E-state index >= 15 is 0 Å². The van der Waals surface area contributed by atoms with E-state index in [4.69, 9.17) is 0 Å². The smallest absolute Gasteiger partial charge is 0.254 e. The molecular formula is C22H30N4O2. The molecule has 6 heteroatoms. The normalized spacial score (nSPS) is 27.4. The Morgan fingerprint density at radius 1 is 1.11 bits per heavy atom. The van der Waals surface area contributed by atoms with Gasteiger partial charge in [0.1, 0.15) is 0 Å². The van der Waals surface area contributed by atoms with Crippen LogP contribution < -0.4 is 5.32 Å². The first kappa shape index (κ1) is 18.1. The van der Waals surface area contributed by atoms with Gasteiger partial charge in [0, 0.05) is 49.9 Å². The summed E-state index contributed by atoms with van der Waals surface area (Å²) >= 11 is 0. The molecule has 150 valence electrons. The molecule has 0 bridgehead atoms. The average molecular weight is 383 g/mol. The second kappa shape index (κ2) is 7.48. The molecule has 4 heterocycles. The monoisotopic (exact) mass is 382 g/mol. The lowest BCUT2D eigenvalue weighted by Crippen LogP contribution is -2.38. The van der Waals surface area contributed by atoms with Gasteiger partial charge in [-0.15, -0.1) is 0 Å².